The SMILES string of the molecule is COCCN1C(=O)[C@@H]2C(C)NC3(C(=O)Nc4ccc(Br)cc43)[C@@H]2C1=O. The number of ether oxygens (including phenoxy) is 1. The molecule has 0 aliphatic carbocycles. The number of anilines is 1. The highest BCUT2D eigenvalue weighted by atomic mass is 79.9. The van der Waals surface area contributed by atoms with Gasteiger partial charge in [0.2, 0.25) is 17.7 Å². The first-order valence-corrected chi connectivity index (χ1v) is 8.94. The van der Waals surface area contributed by atoms with Crippen molar-refractivity contribution >= 4 is 39.3 Å². The lowest BCUT2D eigenvalue weighted by Gasteiger charge is -2.29. The Bertz CT molecular complexity index is 798. The molecule has 2 saturated heterocycles. The molecule has 1 aromatic carbocycles. The van der Waals surface area contributed by atoms with Gasteiger partial charge < -0.3 is 10.1 Å². The van der Waals surface area contributed by atoms with Crippen LogP contribution in [-0.4, -0.2) is 48.9 Å². The average molecular weight is 408 g/mol. The minimum Gasteiger partial charge on any atom is -0.383 e. The number of methoxy groups -OCH3 is 1. The number of imide groups is 1. The maximum atomic E-state index is 13.1. The van der Waals surface area contributed by atoms with E-state index in [1.54, 1.807) is 6.07 Å². The van der Waals surface area contributed by atoms with E-state index >= 15 is 0 Å². The van der Waals surface area contributed by atoms with Crippen LogP contribution in [0.3, 0.4) is 0 Å². The fraction of sp³-hybridized carbons (Fsp3) is 0.471. The van der Waals surface area contributed by atoms with Gasteiger partial charge in [0, 0.05) is 28.9 Å². The van der Waals surface area contributed by atoms with Gasteiger partial charge >= 0.3 is 0 Å². The van der Waals surface area contributed by atoms with E-state index < -0.39 is 17.4 Å². The van der Waals surface area contributed by atoms with Crippen LogP contribution in [0.25, 0.3) is 0 Å². The first-order valence-electron chi connectivity index (χ1n) is 8.15. The number of rotatable bonds is 3. The molecule has 4 rings (SSSR count). The van der Waals surface area contributed by atoms with E-state index in [1.165, 1.54) is 12.0 Å². The zero-order valence-electron chi connectivity index (χ0n) is 13.8. The minimum atomic E-state index is -1.21. The molecule has 7 nitrogen and oxygen atoms in total. The number of likely N-dealkylation sites (tertiary alicyclic amines) is 1. The Balaban J connectivity index is 1.83. The Morgan fingerprint density at radius 2 is 2.04 bits per heavy atom. The monoisotopic (exact) mass is 407 g/mol. The van der Waals surface area contributed by atoms with E-state index in [-0.39, 0.29) is 36.9 Å². The molecule has 1 spiro atoms. The van der Waals surface area contributed by atoms with Crippen molar-refractivity contribution in [2.75, 3.05) is 25.6 Å². The Labute approximate surface area is 153 Å². The number of hydrogen-bond acceptors (Lipinski definition) is 5. The van der Waals surface area contributed by atoms with E-state index in [2.05, 4.69) is 26.6 Å². The molecule has 4 atom stereocenters. The summed E-state index contributed by atoms with van der Waals surface area (Å²) in [4.78, 5) is 40.0. The lowest BCUT2D eigenvalue weighted by molar-refractivity contribution is -0.143. The van der Waals surface area contributed by atoms with Gasteiger partial charge in [-0.25, -0.2) is 0 Å². The van der Waals surface area contributed by atoms with E-state index in [0.717, 1.165) is 4.47 Å². The third kappa shape index (κ3) is 2.07. The number of halogens is 1. The molecule has 8 heteroatoms. The number of amides is 3. The van der Waals surface area contributed by atoms with Crippen molar-refractivity contribution in [2.24, 2.45) is 11.8 Å². The number of nitrogens with one attached hydrogen (secondary N) is 2. The zero-order chi connectivity index (χ0) is 17.9. The fourth-order valence-corrected chi connectivity index (χ4v) is 4.76. The second-order valence-corrected chi connectivity index (χ2v) is 7.63. The average Bonchev–Trinajstić information content (AvgIpc) is 3.12. The highest BCUT2D eigenvalue weighted by Crippen LogP contribution is 2.53. The molecular weight excluding hydrogens is 390 g/mol. The molecule has 132 valence electrons. The Hall–Kier alpha value is -1.77. The van der Waals surface area contributed by atoms with Crippen molar-refractivity contribution in [3.8, 4) is 0 Å². The normalized spacial score (nSPS) is 33.2. The molecule has 2 fully saturated rings. The third-order valence-electron chi connectivity index (χ3n) is 5.43. The summed E-state index contributed by atoms with van der Waals surface area (Å²) in [7, 11) is 1.52. The van der Waals surface area contributed by atoms with Gasteiger partial charge in [0.25, 0.3) is 0 Å². The predicted molar refractivity (Wildman–Crippen MR) is 92.6 cm³/mol. The fourth-order valence-electron chi connectivity index (χ4n) is 4.40. The second-order valence-electron chi connectivity index (χ2n) is 6.71. The molecule has 3 heterocycles. The molecule has 0 aromatic heterocycles. The molecule has 2 unspecified atom stereocenters. The number of benzene rings is 1. The van der Waals surface area contributed by atoms with Gasteiger partial charge in [-0.2, -0.15) is 0 Å². The highest BCUT2D eigenvalue weighted by Gasteiger charge is 2.69. The largest absolute Gasteiger partial charge is 0.383 e. The van der Waals surface area contributed by atoms with Gasteiger partial charge in [-0.15, -0.1) is 0 Å². The van der Waals surface area contributed by atoms with Crippen LogP contribution < -0.4 is 10.6 Å². The van der Waals surface area contributed by atoms with Crippen molar-refractivity contribution in [3.05, 3.63) is 28.2 Å². The number of carbonyl (C=O) groups is 3. The van der Waals surface area contributed by atoms with Crippen LogP contribution in [0.4, 0.5) is 5.69 Å². The van der Waals surface area contributed by atoms with Crippen LogP contribution in [0, 0.1) is 11.8 Å². The summed E-state index contributed by atoms with van der Waals surface area (Å²) < 4.78 is 5.83. The lowest BCUT2D eigenvalue weighted by Crippen LogP contribution is -2.53. The molecule has 0 radical (unpaired) electrons. The maximum Gasteiger partial charge on any atom is 0.250 e. The molecule has 2 N–H and O–H groups in total. The summed E-state index contributed by atoms with van der Waals surface area (Å²) in [5.74, 6) is -2.14. The van der Waals surface area contributed by atoms with Gasteiger partial charge in [0.15, 0.2) is 0 Å². The third-order valence-corrected chi connectivity index (χ3v) is 5.93. The topological polar surface area (TPSA) is 87.7 Å². The van der Waals surface area contributed by atoms with E-state index in [9.17, 15) is 14.4 Å². The summed E-state index contributed by atoms with van der Waals surface area (Å²) in [5.41, 5.74) is 0.169. The smallest absolute Gasteiger partial charge is 0.250 e. The summed E-state index contributed by atoms with van der Waals surface area (Å²) in [6.07, 6.45) is 0. The number of carbonyl (C=O) groups excluding carboxylic acids is 3. The molecule has 0 bridgehead atoms. The van der Waals surface area contributed by atoms with Gasteiger partial charge in [-0.05, 0) is 25.1 Å². The number of hydrogen-bond donors (Lipinski definition) is 2. The van der Waals surface area contributed by atoms with E-state index in [4.69, 9.17) is 4.74 Å². The van der Waals surface area contributed by atoms with Crippen LogP contribution in [0.2, 0.25) is 0 Å². The molecule has 25 heavy (non-hydrogen) atoms. The van der Waals surface area contributed by atoms with Gasteiger partial charge in [0.05, 0.1) is 25.0 Å². The molecule has 3 aliphatic heterocycles. The van der Waals surface area contributed by atoms with Gasteiger partial charge in [-0.1, -0.05) is 15.9 Å². The van der Waals surface area contributed by atoms with Gasteiger partial charge in [-0.3, -0.25) is 24.6 Å². The first-order chi connectivity index (χ1) is 11.9. The summed E-state index contributed by atoms with van der Waals surface area (Å²) in [6.45, 7) is 2.33. The van der Waals surface area contributed by atoms with Crippen molar-refractivity contribution in [1.82, 2.24) is 10.2 Å². The first kappa shape index (κ1) is 16.7. The molecule has 1 aromatic rings. The lowest BCUT2D eigenvalue weighted by atomic mass is 9.76. The minimum absolute atomic E-state index is 0.205. The second kappa shape index (κ2) is 5.62. The van der Waals surface area contributed by atoms with Crippen LogP contribution >= 0.6 is 15.9 Å². The molecule has 0 saturated carbocycles. The summed E-state index contributed by atoms with van der Waals surface area (Å²) in [6, 6.07) is 5.19. The summed E-state index contributed by atoms with van der Waals surface area (Å²) in [5, 5.41) is 6.12. The Kier molecular flexibility index (Phi) is 3.75. The predicted octanol–water partition coefficient (Wildman–Crippen LogP) is 0.836. The van der Waals surface area contributed by atoms with Crippen molar-refractivity contribution in [1.29, 1.82) is 0 Å². The molecular formula is C17H18BrN3O4. The van der Waals surface area contributed by atoms with Crippen LogP contribution in [0.15, 0.2) is 22.7 Å². The zero-order valence-corrected chi connectivity index (χ0v) is 15.4. The van der Waals surface area contributed by atoms with Crippen molar-refractivity contribution in [2.45, 2.75) is 18.5 Å². The van der Waals surface area contributed by atoms with Crippen LogP contribution in [0.5, 0.6) is 0 Å². The highest BCUT2D eigenvalue weighted by molar-refractivity contribution is 9.10. The van der Waals surface area contributed by atoms with E-state index in [0.29, 0.717) is 11.3 Å². The summed E-state index contributed by atoms with van der Waals surface area (Å²) >= 11 is 3.43. The van der Waals surface area contributed by atoms with Crippen LogP contribution in [-0.2, 0) is 24.7 Å². The Morgan fingerprint density at radius 3 is 2.76 bits per heavy atom. The van der Waals surface area contributed by atoms with Gasteiger partial charge in [0.1, 0.15) is 5.54 Å². The van der Waals surface area contributed by atoms with Crippen LogP contribution in [0.1, 0.15) is 12.5 Å². The Morgan fingerprint density at radius 1 is 1.28 bits per heavy atom. The molecule has 3 aliphatic rings. The number of nitrogens with zero attached hydrogens (tertiary/aromatic N) is 1. The molecule has 3 amide bonds. The van der Waals surface area contributed by atoms with E-state index in [1.807, 2.05) is 19.1 Å². The van der Waals surface area contributed by atoms with Crippen molar-refractivity contribution in [3.63, 3.8) is 0 Å². The maximum absolute atomic E-state index is 13.1. The quantitative estimate of drug-likeness (QED) is 0.724. The van der Waals surface area contributed by atoms with Crippen molar-refractivity contribution < 1.29 is 19.1 Å². The standard InChI is InChI=1S/C17H18BrN3O4/c1-8-12-13(15(23)21(14(12)22)5-6-25-2)17(20-8)10-7-9(18)3-4-11(10)19-16(17)24/h3-4,7-8,12-13,20H,5-6H2,1-2H3,(H,19,24)/t8?,12-,13+,17?/m1/s1. The number of fused-ring (bicyclic) bond motifs is 4.